The van der Waals surface area contributed by atoms with Crippen molar-refractivity contribution in [3.63, 3.8) is 0 Å². The van der Waals surface area contributed by atoms with E-state index in [4.69, 9.17) is 4.74 Å². The molecule has 0 aliphatic rings. The zero-order chi connectivity index (χ0) is 12.7. The van der Waals surface area contributed by atoms with Gasteiger partial charge < -0.3 is 10.1 Å². The summed E-state index contributed by atoms with van der Waals surface area (Å²) in [4.78, 5) is 0. The maximum absolute atomic E-state index is 13.9. The summed E-state index contributed by atoms with van der Waals surface area (Å²) < 4.78 is 18.9. The third kappa shape index (κ3) is 4.21. The van der Waals surface area contributed by atoms with Gasteiger partial charge in [-0.15, -0.1) is 0 Å². The van der Waals surface area contributed by atoms with Crippen LogP contribution in [0.15, 0.2) is 18.2 Å². The quantitative estimate of drug-likeness (QED) is 0.758. The number of nitrogens with one attached hydrogen (secondary N) is 1. The van der Waals surface area contributed by atoms with E-state index in [1.54, 1.807) is 19.2 Å². The summed E-state index contributed by atoms with van der Waals surface area (Å²) in [6.45, 7) is 2.15. The lowest BCUT2D eigenvalue weighted by Gasteiger charge is -2.17. The largest absolute Gasteiger partial charge is 0.497 e. The molecule has 0 spiro atoms. The second-order valence-corrected chi connectivity index (χ2v) is 4.95. The molecule has 0 bridgehead atoms. The minimum Gasteiger partial charge on any atom is -0.497 e. The van der Waals surface area contributed by atoms with Crippen molar-refractivity contribution in [2.75, 3.05) is 25.7 Å². The Labute approximate surface area is 107 Å². The molecule has 1 aromatic carbocycles. The lowest BCUT2D eigenvalue weighted by Crippen LogP contribution is -2.20. The first-order chi connectivity index (χ1) is 8.22. The van der Waals surface area contributed by atoms with Crippen LogP contribution in [0.3, 0.4) is 0 Å². The standard InChI is InChI=1S/C13H20FNOS/c1-4-7-17-9-13(15-2)11-6-5-10(16-3)8-12(11)14/h5-6,8,13,15H,4,7,9H2,1-3H3. The Hall–Kier alpha value is -0.740. The van der Waals surface area contributed by atoms with E-state index >= 15 is 0 Å². The van der Waals surface area contributed by atoms with E-state index in [9.17, 15) is 4.39 Å². The number of ether oxygens (including phenoxy) is 1. The molecule has 0 saturated carbocycles. The molecular weight excluding hydrogens is 237 g/mol. The van der Waals surface area contributed by atoms with Crippen LogP contribution in [0.5, 0.6) is 5.75 Å². The Morgan fingerprint density at radius 3 is 2.76 bits per heavy atom. The molecule has 96 valence electrons. The van der Waals surface area contributed by atoms with Crippen LogP contribution in [0.1, 0.15) is 24.9 Å². The van der Waals surface area contributed by atoms with Gasteiger partial charge in [-0.25, -0.2) is 4.39 Å². The molecule has 0 saturated heterocycles. The summed E-state index contributed by atoms with van der Waals surface area (Å²) in [6, 6.07) is 5.08. The normalized spacial score (nSPS) is 12.5. The second kappa shape index (κ2) is 7.56. The molecule has 1 atom stereocenters. The third-order valence-corrected chi connectivity index (χ3v) is 3.83. The molecule has 0 heterocycles. The van der Waals surface area contributed by atoms with Crippen LogP contribution in [0.25, 0.3) is 0 Å². The van der Waals surface area contributed by atoms with Crippen molar-refractivity contribution in [1.29, 1.82) is 0 Å². The number of benzene rings is 1. The number of rotatable bonds is 7. The molecule has 0 amide bonds. The zero-order valence-corrected chi connectivity index (χ0v) is 11.4. The third-order valence-electron chi connectivity index (χ3n) is 2.56. The molecule has 0 aliphatic carbocycles. The molecule has 0 fully saturated rings. The molecule has 1 N–H and O–H groups in total. The first-order valence-electron chi connectivity index (χ1n) is 5.81. The van der Waals surface area contributed by atoms with E-state index in [0.29, 0.717) is 11.3 Å². The van der Waals surface area contributed by atoms with Crippen LogP contribution < -0.4 is 10.1 Å². The number of halogens is 1. The van der Waals surface area contributed by atoms with Gasteiger partial charge in [0.25, 0.3) is 0 Å². The predicted octanol–water partition coefficient (Wildman–Crippen LogP) is 3.24. The molecule has 4 heteroatoms. The highest BCUT2D eigenvalue weighted by molar-refractivity contribution is 7.99. The van der Waals surface area contributed by atoms with E-state index in [2.05, 4.69) is 12.2 Å². The summed E-state index contributed by atoms with van der Waals surface area (Å²) in [5.74, 6) is 2.34. The minimum atomic E-state index is -0.208. The summed E-state index contributed by atoms with van der Waals surface area (Å²) >= 11 is 1.84. The molecule has 1 unspecified atom stereocenters. The van der Waals surface area contributed by atoms with E-state index < -0.39 is 0 Å². The van der Waals surface area contributed by atoms with Crippen molar-refractivity contribution in [2.24, 2.45) is 0 Å². The van der Waals surface area contributed by atoms with E-state index in [-0.39, 0.29) is 11.9 Å². The van der Waals surface area contributed by atoms with Crippen molar-refractivity contribution in [3.8, 4) is 5.75 Å². The first kappa shape index (κ1) is 14.3. The highest BCUT2D eigenvalue weighted by Gasteiger charge is 2.14. The topological polar surface area (TPSA) is 21.3 Å². The summed E-state index contributed by atoms with van der Waals surface area (Å²) in [6.07, 6.45) is 1.15. The maximum Gasteiger partial charge on any atom is 0.131 e. The minimum absolute atomic E-state index is 0.0532. The van der Waals surface area contributed by atoms with E-state index in [1.807, 2.05) is 18.8 Å². The van der Waals surface area contributed by atoms with Crippen LogP contribution in [-0.2, 0) is 0 Å². The highest BCUT2D eigenvalue weighted by Crippen LogP contribution is 2.24. The molecule has 0 radical (unpaired) electrons. The molecule has 0 aromatic heterocycles. The van der Waals surface area contributed by atoms with Crippen LogP contribution in [0.2, 0.25) is 0 Å². The van der Waals surface area contributed by atoms with Gasteiger partial charge >= 0.3 is 0 Å². The molecule has 2 nitrogen and oxygen atoms in total. The lowest BCUT2D eigenvalue weighted by atomic mass is 10.1. The predicted molar refractivity (Wildman–Crippen MR) is 72.4 cm³/mol. The van der Waals surface area contributed by atoms with Crippen LogP contribution >= 0.6 is 11.8 Å². The van der Waals surface area contributed by atoms with Crippen molar-refractivity contribution >= 4 is 11.8 Å². The van der Waals surface area contributed by atoms with Crippen molar-refractivity contribution in [3.05, 3.63) is 29.6 Å². The monoisotopic (exact) mass is 257 g/mol. The smallest absolute Gasteiger partial charge is 0.131 e. The SMILES string of the molecule is CCCSCC(NC)c1ccc(OC)cc1F. The Balaban J connectivity index is 2.73. The van der Waals surface area contributed by atoms with E-state index in [1.165, 1.54) is 6.07 Å². The highest BCUT2D eigenvalue weighted by atomic mass is 32.2. The fourth-order valence-electron chi connectivity index (χ4n) is 1.59. The summed E-state index contributed by atoms with van der Waals surface area (Å²) in [5, 5.41) is 3.15. The van der Waals surface area contributed by atoms with Crippen molar-refractivity contribution in [1.82, 2.24) is 5.32 Å². The van der Waals surface area contributed by atoms with Gasteiger partial charge in [0.2, 0.25) is 0 Å². The molecule has 1 rings (SSSR count). The van der Waals surface area contributed by atoms with Crippen molar-refractivity contribution < 1.29 is 9.13 Å². The van der Waals surface area contributed by atoms with Gasteiger partial charge in [-0.2, -0.15) is 11.8 Å². The van der Waals surface area contributed by atoms with Crippen LogP contribution in [-0.4, -0.2) is 25.7 Å². The summed E-state index contributed by atoms with van der Waals surface area (Å²) in [7, 11) is 3.40. The van der Waals surface area contributed by atoms with Gasteiger partial charge in [0, 0.05) is 23.4 Å². The Morgan fingerprint density at radius 2 is 2.24 bits per heavy atom. The number of methoxy groups -OCH3 is 1. The molecule has 0 aliphatic heterocycles. The van der Waals surface area contributed by atoms with Gasteiger partial charge in [-0.05, 0) is 25.3 Å². The fourth-order valence-corrected chi connectivity index (χ4v) is 2.63. The fraction of sp³-hybridized carbons (Fsp3) is 0.538. The molecule has 1 aromatic rings. The average molecular weight is 257 g/mol. The van der Waals surface area contributed by atoms with Crippen LogP contribution in [0.4, 0.5) is 4.39 Å². The van der Waals surface area contributed by atoms with Gasteiger partial charge in [-0.3, -0.25) is 0 Å². The van der Waals surface area contributed by atoms with Gasteiger partial charge in [0.05, 0.1) is 7.11 Å². The van der Waals surface area contributed by atoms with Crippen LogP contribution in [0, 0.1) is 5.82 Å². The van der Waals surface area contributed by atoms with Crippen molar-refractivity contribution in [2.45, 2.75) is 19.4 Å². The Kier molecular flexibility index (Phi) is 6.37. The Morgan fingerprint density at radius 1 is 1.47 bits per heavy atom. The number of thioether (sulfide) groups is 1. The average Bonchev–Trinajstić information content (AvgIpc) is 2.35. The summed E-state index contributed by atoms with van der Waals surface area (Å²) in [5.41, 5.74) is 0.705. The lowest BCUT2D eigenvalue weighted by molar-refractivity contribution is 0.410. The number of hydrogen-bond acceptors (Lipinski definition) is 3. The maximum atomic E-state index is 13.9. The molecule has 17 heavy (non-hydrogen) atoms. The van der Waals surface area contributed by atoms with Gasteiger partial charge in [-0.1, -0.05) is 13.0 Å². The zero-order valence-electron chi connectivity index (χ0n) is 10.6. The van der Waals surface area contributed by atoms with Gasteiger partial charge in [0.15, 0.2) is 0 Å². The Bertz CT molecular complexity index is 346. The van der Waals surface area contributed by atoms with Gasteiger partial charge in [0.1, 0.15) is 11.6 Å². The molecular formula is C13H20FNOS. The second-order valence-electron chi connectivity index (χ2n) is 3.80. The van der Waals surface area contributed by atoms with E-state index in [0.717, 1.165) is 17.9 Å². The number of hydrogen-bond donors (Lipinski definition) is 1. The first-order valence-corrected chi connectivity index (χ1v) is 6.96.